The molecule has 0 bridgehead atoms. The van der Waals surface area contributed by atoms with Gasteiger partial charge in [-0.3, -0.25) is 0 Å². The summed E-state index contributed by atoms with van der Waals surface area (Å²) < 4.78 is 0. The molecule has 0 heterocycles. The summed E-state index contributed by atoms with van der Waals surface area (Å²) >= 11 is 0. The largest absolute Gasteiger partial charge is 0.316 e. The smallest absolute Gasteiger partial charge is 0.00109 e. The summed E-state index contributed by atoms with van der Waals surface area (Å²) in [6.45, 7) is 11.4. The topological polar surface area (TPSA) is 12.0 Å². The average Bonchev–Trinajstić information content (AvgIpc) is 2.38. The highest BCUT2D eigenvalue weighted by Crippen LogP contribution is 2.30. The van der Waals surface area contributed by atoms with Gasteiger partial charge in [0.15, 0.2) is 0 Å². The Balaban J connectivity index is 2.62. The lowest BCUT2D eigenvalue weighted by atomic mass is 9.77. The van der Waals surface area contributed by atoms with E-state index in [1.54, 1.807) is 0 Å². The van der Waals surface area contributed by atoms with E-state index in [0.29, 0.717) is 5.41 Å². The Hall–Kier alpha value is -0.820. The first-order valence-corrected chi connectivity index (χ1v) is 7.36. The zero-order valence-corrected chi connectivity index (χ0v) is 12.5. The van der Waals surface area contributed by atoms with E-state index in [4.69, 9.17) is 0 Å². The molecule has 1 aromatic rings. The molecule has 1 heteroatoms. The van der Waals surface area contributed by atoms with Gasteiger partial charge in [0.05, 0.1) is 0 Å². The lowest BCUT2D eigenvalue weighted by Crippen LogP contribution is -2.36. The zero-order valence-electron chi connectivity index (χ0n) is 12.5. The van der Waals surface area contributed by atoms with Gasteiger partial charge in [0, 0.05) is 6.54 Å². The van der Waals surface area contributed by atoms with Crippen molar-refractivity contribution in [3.63, 3.8) is 0 Å². The Labute approximate surface area is 113 Å². The summed E-state index contributed by atoms with van der Waals surface area (Å²) in [6.07, 6.45) is 3.67. The summed E-state index contributed by atoms with van der Waals surface area (Å²) in [5.74, 6) is 0.730. The molecule has 1 aromatic carbocycles. The van der Waals surface area contributed by atoms with Crippen LogP contribution in [0.1, 0.15) is 46.1 Å². The summed E-state index contributed by atoms with van der Waals surface area (Å²) in [7, 11) is 0. The van der Waals surface area contributed by atoms with Crippen molar-refractivity contribution in [3.8, 4) is 0 Å². The fourth-order valence-electron chi connectivity index (χ4n) is 2.47. The molecule has 0 amide bonds. The van der Waals surface area contributed by atoms with Crippen molar-refractivity contribution >= 4 is 0 Å². The van der Waals surface area contributed by atoms with E-state index in [0.717, 1.165) is 19.0 Å². The number of benzene rings is 1. The molecule has 0 aliphatic carbocycles. The highest BCUT2D eigenvalue weighted by molar-refractivity contribution is 5.16. The summed E-state index contributed by atoms with van der Waals surface area (Å²) in [4.78, 5) is 0. The van der Waals surface area contributed by atoms with E-state index >= 15 is 0 Å². The quantitative estimate of drug-likeness (QED) is 0.723. The standard InChI is InChI=1S/C17H29N/c1-5-17(6-2,14-18-13-15(3)4)12-16-10-8-7-9-11-16/h7-11,15,18H,5-6,12-14H2,1-4H3. The lowest BCUT2D eigenvalue weighted by Gasteiger charge is -2.32. The molecule has 0 fully saturated rings. The maximum Gasteiger partial charge on any atom is 0.00109 e. The Morgan fingerprint density at radius 2 is 1.67 bits per heavy atom. The van der Waals surface area contributed by atoms with Crippen LogP contribution >= 0.6 is 0 Å². The van der Waals surface area contributed by atoms with Crippen molar-refractivity contribution in [1.29, 1.82) is 0 Å². The third-order valence-electron chi connectivity index (χ3n) is 3.97. The Morgan fingerprint density at radius 3 is 2.17 bits per heavy atom. The van der Waals surface area contributed by atoms with Crippen molar-refractivity contribution in [1.82, 2.24) is 5.32 Å². The number of hydrogen-bond acceptors (Lipinski definition) is 1. The second-order valence-corrected chi connectivity index (χ2v) is 5.89. The van der Waals surface area contributed by atoms with Crippen LogP contribution in [0, 0.1) is 11.3 Å². The monoisotopic (exact) mass is 247 g/mol. The average molecular weight is 247 g/mol. The van der Waals surface area contributed by atoms with Gasteiger partial charge in [-0.05, 0) is 42.7 Å². The van der Waals surface area contributed by atoms with Gasteiger partial charge in [-0.2, -0.15) is 0 Å². The van der Waals surface area contributed by atoms with Crippen molar-refractivity contribution in [3.05, 3.63) is 35.9 Å². The predicted octanol–water partition coefficient (Wildman–Crippen LogP) is 4.28. The lowest BCUT2D eigenvalue weighted by molar-refractivity contribution is 0.243. The maximum atomic E-state index is 3.65. The van der Waals surface area contributed by atoms with E-state index in [1.807, 2.05) is 0 Å². The van der Waals surface area contributed by atoms with E-state index in [-0.39, 0.29) is 0 Å². The van der Waals surface area contributed by atoms with E-state index in [2.05, 4.69) is 63.3 Å². The molecule has 1 rings (SSSR count). The highest BCUT2D eigenvalue weighted by Gasteiger charge is 2.25. The molecular weight excluding hydrogens is 218 g/mol. The fraction of sp³-hybridized carbons (Fsp3) is 0.647. The molecule has 1 nitrogen and oxygen atoms in total. The zero-order chi connectivity index (χ0) is 13.4. The van der Waals surface area contributed by atoms with Crippen LogP contribution in [0.15, 0.2) is 30.3 Å². The fourth-order valence-corrected chi connectivity index (χ4v) is 2.47. The van der Waals surface area contributed by atoms with E-state index in [9.17, 15) is 0 Å². The molecule has 0 aliphatic heterocycles. The first-order chi connectivity index (χ1) is 8.62. The van der Waals surface area contributed by atoms with Gasteiger partial charge < -0.3 is 5.32 Å². The number of hydrogen-bond donors (Lipinski definition) is 1. The Morgan fingerprint density at radius 1 is 1.06 bits per heavy atom. The molecule has 18 heavy (non-hydrogen) atoms. The van der Waals surface area contributed by atoms with Gasteiger partial charge in [0.1, 0.15) is 0 Å². The van der Waals surface area contributed by atoms with Gasteiger partial charge in [0.2, 0.25) is 0 Å². The number of rotatable bonds is 8. The van der Waals surface area contributed by atoms with Crippen LogP contribution in [0.5, 0.6) is 0 Å². The third-order valence-corrected chi connectivity index (χ3v) is 3.97. The van der Waals surface area contributed by atoms with Gasteiger partial charge in [-0.15, -0.1) is 0 Å². The summed E-state index contributed by atoms with van der Waals surface area (Å²) in [5.41, 5.74) is 1.88. The molecule has 0 saturated heterocycles. The molecule has 1 N–H and O–H groups in total. The van der Waals surface area contributed by atoms with Gasteiger partial charge in [0.25, 0.3) is 0 Å². The second-order valence-electron chi connectivity index (χ2n) is 5.89. The van der Waals surface area contributed by atoms with Gasteiger partial charge in [-0.25, -0.2) is 0 Å². The summed E-state index contributed by atoms with van der Waals surface area (Å²) in [5, 5.41) is 3.65. The van der Waals surface area contributed by atoms with Crippen LogP contribution in [0.2, 0.25) is 0 Å². The summed E-state index contributed by atoms with van der Waals surface area (Å²) in [6, 6.07) is 10.9. The van der Waals surface area contributed by atoms with Crippen molar-refractivity contribution in [2.24, 2.45) is 11.3 Å². The van der Waals surface area contributed by atoms with Crippen LogP contribution in [0.25, 0.3) is 0 Å². The molecule has 0 unspecified atom stereocenters. The third kappa shape index (κ3) is 4.81. The number of nitrogens with one attached hydrogen (secondary N) is 1. The minimum absolute atomic E-state index is 0.413. The van der Waals surface area contributed by atoms with E-state index in [1.165, 1.54) is 24.8 Å². The van der Waals surface area contributed by atoms with Crippen molar-refractivity contribution in [2.45, 2.75) is 47.0 Å². The first-order valence-electron chi connectivity index (χ1n) is 7.36. The highest BCUT2D eigenvalue weighted by atomic mass is 14.9. The van der Waals surface area contributed by atoms with Crippen LogP contribution in [-0.4, -0.2) is 13.1 Å². The molecule has 0 aliphatic rings. The van der Waals surface area contributed by atoms with Crippen LogP contribution in [0.4, 0.5) is 0 Å². The normalized spacial score (nSPS) is 12.1. The SMILES string of the molecule is CCC(CC)(CNCC(C)C)Cc1ccccc1. The minimum Gasteiger partial charge on any atom is -0.316 e. The van der Waals surface area contributed by atoms with Crippen LogP contribution in [-0.2, 0) is 6.42 Å². The van der Waals surface area contributed by atoms with E-state index < -0.39 is 0 Å². The molecule has 102 valence electrons. The maximum absolute atomic E-state index is 3.65. The van der Waals surface area contributed by atoms with Crippen molar-refractivity contribution in [2.75, 3.05) is 13.1 Å². The Bertz CT molecular complexity index is 312. The molecule has 0 saturated carbocycles. The molecule has 0 radical (unpaired) electrons. The predicted molar refractivity (Wildman–Crippen MR) is 80.9 cm³/mol. The minimum atomic E-state index is 0.413. The van der Waals surface area contributed by atoms with Crippen LogP contribution in [0.3, 0.4) is 0 Å². The molecule has 0 aromatic heterocycles. The van der Waals surface area contributed by atoms with Gasteiger partial charge in [-0.1, -0.05) is 58.0 Å². The Kier molecular flexibility index (Phi) is 6.42. The second kappa shape index (κ2) is 7.58. The van der Waals surface area contributed by atoms with Gasteiger partial charge >= 0.3 is 0 Å². The molecular formula is C17H29N. The van der Waals surface area contributed by atoms with Crippen molar-refractivity contribution < 1.29 is 0 Å². The molecule has 0 atom stereocenters. The van der Waals surface area contributed by atoms with Crippen LogP contribution < -0.4 is 5.32 Å². The first kappa shape index (κ1) is 15.2. The molecule has 0 spiro atoms.